The molecule has 2 rings (SSSR count). The Morgan fingerprint density at radius 1 is 1.41 bits per heavy atom. The van der Waals surface area contributed by atoms with Crippen molar-refractivity contribution in [1.82, 2.24) is 4.98 Å². The minimum Gasteiger partial charge on any atom is -0.381 e. The second-order valence-corrected chi connectivity index (χ2v) is 4.42. The molecule has 0 atom stereocenters. The molecule has 1 aliphatic rings. The van der Waals surface area contributed by atoms with Crippen LogP contribution in [0.15, 0.2) is 12.1 Å². The molecule has 0 amide bonds. The van der Waals surface area contributed by atoms with Gasteiger partial charge in [-0.3, -0.25) is 0 Å². The molecule has 0 saturated carbocycles. The van der Waals surface area contributed by atoms with E-state index in [4.69, 9.17) is 10.00 Å². The van der Waals surface area contributed by atoms with E-state index in [0.29, 0.717) is 11.6 Å². The van der Waals surface area contributed by atoms with Crippen molar-refractivity contribution in [2.45, 2.75) is 25.8 Å². The zero-order chi connectivity index (χ0) is 12.3. The zero-order valence-corrected chi connectivity index (χ0v) is 10.3. The van der Waals surface area contributed by atoms with E-state index in [-0.39, 0.29) is 0 Å². The largest absolute Gasteiger partial charge is 0.381 e. The van der Waals surface area contributed by atoms with Gasteiger partial charge in [0.05, 0.1) is 11.6 Å². The fourth-order valence-electron chi connectivity index (χ4n) is 2.16. The molecule has 1 fully saturated rings. The Balaban J connectivity index is 2.20. The number of aryl methyl sites for hydroxylation is 1. The summed E-state index contributed by atoms with van der Waals surface area (Å²) in [6, 6.07) is 6.29. The van der Waals surface area contributed by atoms with Crippen molar-refractivity contribution in [3.8, 4) is 6.07 Å². The Labute approximate surface area is 102 Å². The van der Waals surface area contributed by atoms with Crippen molar-refractivity contribution in [1.29, 1.82) is 5.26 Å². The van der Waals surface area contributed by atoms with Gasteiger partial charge in [-0.05, 0) is 31.9 Å². The van der Waals surface area contributed by atoms with Crippen molar-refractivity contribution < 1.29 is 4.74 Å². The number of ether oxygens (including phenoxy) is 1. The van der Waals surface area contributed by atoms with Gasteiger partial charge < -0.3 is 9.64 Å². The van der Waals surface area contributed by atoms with Gasteiger partial charge in [0.15, 0.2) is 0 Å². The Hall–Kier alpha value is -1.60. The average Bonchev–Trinajstić information content (AvgIpc) is 2.38. The predicted molar refractivity (Wildman–Crippen MR) is 65.9 cm³/mol. The highest BCUT2D eigenvalue weighted by Gasteiger charge is 2.19. The van der Waals surface area contributed by atoms with Gasteiger partial charge in [0.25, 0.3) is 0 Å². The molecular weight excluding hydrogens is 214 g/mol. The maximum Gasteiger partial charge on any atom is 0.130 e. The second-order valence-electron chi connectivity index (χ2n) is 4.42. The average molecular weight is 231 g/mol. The van der Waals surface area contributed by atoms with Crippen molar-refractivity contribution in [3.63, 3.8) is 0 Å². The first kappa shape index (κ1) is 11.9. The van der Waals surface area contributed by atoms with Crippen molar-refractivity contribution in [2.75, 3.05) is 25.2 Å². The van der Waals surface area contributed by atoms with Gasteiger partial charge in [0, 0.05) is 32.0 Å². The van der Waals surface area contributed by atoms with E-state index in [1.54, 1.807) is 6.07 Å². The molecule has 0 radical (unpaired) electrons. The van der Waals surface area contributed by atoms with Crippen LogP contribution in [0.3, 0.4) is 0 Å². The summed E-state index contributed by atoms with van der Waals surface area (Å²) in [6.07, 6.45) is 2.04. The van der Waals surface area contributed by atoms with E-state index >= 15 is 0 Å². The minimum atomic E-state index is 0.463. The number of rotatable bonds is 2. The molecule has 17 heavy (non-hydrogen) atoms. The Kier molecular flexibility index (Phi) is 3.60. The highest BCUT2D eigenvalue weighted by Crippen LogP contribution is 2.20. The third kappa shape index (κ3) is 2.75. The molecule has 1 aliphatic heterocycles. The van der Waals surface area contributed by atoms with Gasteiger partial charge >= 0.3 is 0 Å². The summed E-state index contributed by atoms with van der Waals surface area (Å²) >= 11 is 0. The van der Waals surface area contributed by atoms with Crippen LogP contribution >= 0.6 is 0 Å². The van der Waals surface area contributed by atoms with E-state index in [2.05, 4.69) is 16.0 Å². The van der Waals surface area contributed by atoms with Crippen LogP contribution in [0.4, 0.5) is 5.82 Å². The first-order chi connectivity index (χ1) is 8.20. The minimum absolute atomic E-state index is 0.463. The van der Waals surface area contributed by atoms with Crippen molar-refractivity contribution in [2.24, 2.45) is 0 Å². The highest BCUT2D eigenvalue weighted by atomic mass is 16.5. The first-order valence-electron chi connectivity index (χ1n) is 5.90. The molecule has 0 aromatic carbocycles. The highest BCUT2D eigenvalue weighted by molar-refractivity contribution is 5.46. The van der Waals surface area contributed by atoms with Crippen LogP contribution in [0.5, 0.6) is 0 Å². The summed E-state index contributed by atoms with van der Waals surface area (Å²) in [5.41, 5.74) is 1.56. The monoisotopic (exact) mass is 231 g/mol. The Morgan fingerprint density at radius 3 is 2.76 bits per heavy atom. The number of hydrogen-bond donors (Lipinski definition) is 0. The van der Waals surface area contributed by atoms with Crippen LogP contribution in [0.25, 0.3) is 0 Å². The lowest BCUT2D eigenvalue weighted by Crippen LogP contribution is -2.37. The summed E-state index contributed by atoms with van der Waals surface area (Å²) < 4.78 is 5.35. The third-order valence-corrected chi connectivity index (χ3v) is 3.17. The number of hydrogen-bond acceptors (Lipinski definition) is 4. The molecule has 1 saturated heterocycles. The van der Waals surface area contributed by atoms with Crippen molar-refractivity contribution in [3.05, 3.63) is 23.4 Å². The maximum absolute atomic E-state index is 8.96. The van der Waals surface area contributed by atoms with Crippen LogP contribution in [0.1, 0.15) is 24.1 Å². The molecule has 0 unspecified atom stereocenters. The molecule has 0 bridgehead atoms. The molecule has 4 heteroatoms. The molecule has 4 nitrogen and oxygen atoms in total. The van der Waals surface area contributed by atoms with Gasteiger partial charge in [-0.25, -0.2) is 4.98 Å². The van der Waals surface area contributed by atoms with Crippen molar-refractivity contribution >= 4 is 5.82 Å². The Morgan fingerprint density at radius 2 is 2.12 bits per heavy atom. The number of pyridine rings is 1. The van der Waals surface area contributed by atoms with Crippen LogP contribution in [0, 0.1) is 18.3 Å². The smallest absolute Gasteiger partial charge is 0.130 e. The van der Waals surface area contributed by atoms with E-state index in [9.17, 15) is 0 Å². The molecule has 1 aromatic rings. The quantitative estimate of drug-likeness (QED) is 0.779. The van der Waals surface area contributed by atoms with E-state index in [1.807, 2.05) is 20.0 Å². The van der Waals surface area contributed by atoms with Gasteiger partial charge in [-0.2, -0.15) is 5.26 Å². The summed E-state index contributed by atoms with van der Waals surface area (Å²) in [5, 5.41) is 8.96. The summed E-state index contributed by atoms with van der Waals surface area (Å²) in [4.78, 5) is 6.65. The first-order valence-corrected chi connectivity index (χ1v) is 5.90. The summed E-state index contributed by atoms with van der Waals surface area (Å²) in [7, 11) is 2.04. The molecule has 90 valence electrons. The van der Waals surface area contributed by atoms with Gasteiger partial charge in [0.2, 0.25) is 0 Å². The lowest BCUT2D eigenvalue weighted by atomic mass is 10.1. The zero-order valence-electron chi connectivity index (χ0n) is 10.3. The normalized spacial score (nSPS) is 16.5. The third-order valence-electron chi connectivity index (χ3n) is 3.17. The van der Waals surface area contributed by atoms with Crippen LogP contribution < -0.4 is 4.90 Å². The fourth-order valence-corrected chi connectivity index (χ4v) is 2.16. The SMILES string of the molecule is Cc1cc(C#N)cc(N(C)C2CCOCC2)n1. The van der Waals surface area contributed by atoms with Gasteiger partial charge in [0.1, 0.15) is 5.82 Å². The van der Waals surface area contributed by atoms with Gasteiger partial charge in [-0.15, -0.1) is 0 Å². The second kappa shape index (κ2) is 5.15. The van der Waals surface area contributed by atoms with E-state index in [0.717, 1.165) is 37.6 Å². The number of aromatic nitrogens is 1. The lowest BCUT2D eigenvalue weighted by molar-refractivity contribution is 0.0853. The number of nitriles is 1. The number of nitrogens with zero attached hydrogens (tertiary/aromatic N) is 3. The maximum atomic E-state index is 8.96. The fraction of sp³-hybridized carbons (Fsp3) is 0.538. The molecule has 1 aromatic heterocycles. The van der Waals surface area contributed by atoms with E-state index < -0.39 is 0 Å². The van der Waals surface area contributed by atoms with E-state index in [1.165, 1.54) is 0 Å². The Bertz CT molecular complexity index is 433. The topological polar surface area (TPSA) is 49.2 Å². The van der Waals surface area contributed by atoms with Gasteiger partial charge in [-0.1, -0.05) is 0 Å². The molecule has 0 N–H and O–H groups in total. The predicted octanol–water partition coefficient (Wildman–Crippen LogP) is 1.88. The lowest BCUT2D eigenvalue weighted by Gasteiger charge is -2.32. The van der Waals surface area contributed by atoms with Crippen LogP contribution in [0.2, 0.25) is 0 Å². The molecule has 0 spiro atoms. The number of anilines is 1. The van der Waals surface area contributed by atoms with Crippen LogP contribution in [-0.2, 0) is 4.74 Å². The molecule has 0 aliphatic carbocycles. The molecular formula is C13H17N3O. The standard InChI is InChI=1S/C13H17N3O/c1-10-7-11(9-14)8-13(15-10)16(2)12-3-5-17-6-4-12/h7-8,12H,3-6H2,1-2H3. The molecule has 2 heterocycles. The summed E-state index contributed by atoms with van der Waals surface area (Å²) in [6.45, 7) is 3.54. The summed E-state index contributed by atoms with van der Waals surface area (Å²) in [5.74, 6) is 0.883. The van der Waals surface area contributed by atoms with Crippen LogP contribution in [-0.4, -0.2) is 31.3 Å².